The number of anilines is 1. The van der Waals surface area contributed by atoms with Gasteiger partial charge in [0.15, 0.2) is 0 Å². The fourth-order valence-electron chi connectivity index (χ4n) is 3.21. The maximum Gasteiger partial charge on any atom is 0.354 e. The van der Waals surface area contributed by atoms with Crippen molar-refractivity contribution >= 4 is 43.5 Å². The quantitative estimate of drug-likeness (QED) is 0.653. The van der Waals surface area contributed by atoms with E-state index in [0.717, 1.165) is 4.31 Å². The van der Waals surface area contributed by atoms with Crippen LogP contribution in [0.2, 0.25) is 0 Å². The summed E-state index contributed by atoms with van der Waals surface area (Å²) in [7, 11) is -1.32. The van der Waals surface area contributed by atoms with Crippen LogP contribution >= 0.6 is 15.9 Å². The van der Waals surface area contributed by atoms with Crippen molar-refractivity contribution in [1.82, 2.24) is 8.87 Å². The van der Waals surface area contributed by atoms with Gasteiger partial charge in [0.05, 0.1) is 12.8 Å². The minimum atomic E-state index is -4.04. The molecule has 11 heteroatoms. The number of sulfonamides is 1. The first kappa shape index (κ1) is 21.5. The Balaban J connectivity index is 1.85. The maximum atomic E-state index is 14.0. The molecule has 0 bridgehead atoms. The van der Waals surface area contributed by atoms with Crippen LogP contribution < -0.4 is 5.32 Å². The summed E-state index contributed by atoms with van der Waals surface area (Å²) < 4.78 is 47.8. The molecule has 1 N–H and O–H groups in total. The van der Waals surface area contributed by atoms with E-state index in [4.69, 9.17) is 0 Å². The third-order valence-corrected chi connectivity index (χ3v) is 7.04. The van der Waals surface area contributed by atoms with Crippen molar-refractivity contribution in [3.8, 4) is 0 Å². The molecule has 8 nitrogen and oxygen atoms in total. The summed E-state index contributed by atoms with van der Waals surface area (Å²) >= 11 is 3.14. The largest absolute Gasteiger partial charge is 0.464 e. The highest BCUT2D eigenvalue weighted by Gasteiger charge is 2.40. The standard InChI is InChI=1S/C18H19BrFN3O5S/c1-22-10-12(9-16(22)18(25)28-2)29(26,27)23-7-3-4-15(23)17(24)21-14-6-5-11(19)8-13(14)20/h5-6,8-10,15H,3-4,7H2,1-2H3,(H,21,24). The first-order valence-corrected chi connectivity index (χ1v) is 10.9. The van der Waals surface area contributed by atoms with Crippen molar-refractivity contribution in [3.63, 3.8) is 0 Å². The van der Waals surface area contributed by atoms with Crippen molar-refractivity contribution < 1.29 is 27.1 Å². The second kappa shape index (κ2) is 8.25. The van der Waals surface area contributed by atoms with Crippen molar-refractivity contribution in [2.75, 3.05) is 19.0 Å². The highest BCUT2D eigenvalue weighted by atomic mass is 79.9. The average Bonchev–Trinajstić information content (AvgIpc) is 3.31. The first-order chi connectivity index (χ1) is 13.6. The Bertz CT molecular complexity index is 1070. The number of ether oxygens (including phenoxy) is 1. The molecule has 29 heavy (non-hydrogen) atoms. The van der Waals surface area contributed by atoms with E-state index in [2.05, 4.69) is 26.0 Å². The molecular weight excluding hydrogens is 469 g/mol. The Morgan fingerprint density at radius 2 is 2.03 bits per heavy atom. The lowest BCUT2D eigenvalue weighted by molar-refractivity contribution is -0.119. The van der Waals surface area contributed by atoms with Gasteiger partial charge in [-0.15, -0.1) is 0 Å². The summed E-state index contributed by atoms with van der Waals surface area (Å²) in [5.74, 6) is -1.92. The molecule has 0 saturated carbocycles. The van der Waals surface area contributed by atoms with Crippen LogP contribution in [0.3, 0.4) is 0 Å². The van der Waals surface area contributed by atoms with Crippen molar-refractivity contribution in [1.29, 1.82) is 0 Å². The van der Waals surface area contributed by atoms with Crippen molar-refractivity contribution in [3.05, 3.63) is 46.4 Å². The van der Waals surface area contributed by atoms with Gasteiger partial charge in [-0.3, -0.25) is 4.79 Å². The zero-order valence-electron chi connectivity index (χ0n) is 15.7. The smallest absolute Gasteiger partial charge is 0.354 e. The van der Waals surface area contributed by atoms with Crippen LogP contribution in [0.1, 0.15) is 23.3 Å². The number of methoxy groups -OCH3 is 1. The first-order valence-electron chi connectivity index (χ1n) is 8.67. The lowest BCUT2D eigenvalue weighted by Crippen LogP contribution is -2.43. The number of benzene rings is 1. The molecule has 1 aliphatic heterocycles. The molecule has 1 unspecified atom stereocenters. The normalized spacial score (nSPS) is 17.3. The molecule has 0 radical (unpaired) electrons. The van der Waals surface area contributed by atoms with Gasteiger partial charge in [-0.05, 0) is 37.1 Å². The minimum absolute atomic E-state index is 0.0323. The molecule has 0 aliphatic carbocycles. The number of carbonyl (C=O) groups is 2. The number of amides is 1. The number of halogens is 2. The molecule has 2 aromatic rings. The van der Waals surface area contributed by atoms with E-state index in [9.17, 15) is 22.4 Å². The van der Waals surface area contributed by atoms with Crippen LogP contribution in [0.15, 0.2) is 39.8 Å². The number of hydrogen-bond acceptors (Lipinski definition) is 5. The van der Waals surface area contributed by atoms with E-state index in [1.807, 2.05) is 0 Å². The number of esters is 1. The predicted octanol–water partition coefficient (Wildman–Crippen LogP) is 2.51. The Labute approximate surface area is 175 Å². The van der Waals surface area contributed by atoms with Crippen molar-refractivity contribution in [2.45, 2.75) is 23.8 Å². The third-order valence-electron chi connectivity index (χ3n) is 4.68. The van der Waals surface area contributed by atoms with E-state index in [-0.39, 0.29) is 22.8 Å². The number of rotatable bonds is 5. The summed E-state index contributed by atoms with van der Waals surface area (Å²) in [5.41, 5.74) is 0.0401. The fourth-order valence-corrected chi connectivity index (χ4v) is 5.28. The Kier molecular flexibility index (Phi) is 6.11. The van der Waals surface area contributed by atoms with E-state index in [0.29, 0.717) is 17.3 Å². The third kappa shape index (κ3) is 4.21. The average molecular weight is 488 g/mol. The van der Waals surface area contributed by atoms with Gasteiger partial charge in [0.1, 0.15) is 22.4 Å². The second-order valence-electron chi connectivity index (χ2n) is 6.55. The van der Waals surface area contributed by atoms with Gasteiger partial charge in [0, 0.05) is 24.3 Å². The molecule has 1 aliphatic rings. The molecule has 1 saturated heterocycles. The van der Waals surface area contributed by atoms with Gasteiger partial charge in [0.25, 0.3) is 0 Å². The van der Waals surface area contributed by atoms with E-state index >= 15 is 0 Å². The molecule has 2 heterocycles. The summed E-state index contributed by atoms with van der Waals surface area (Å²) in [6, 6.07) is 4.40. The lowest BCUT2D eigenvalue weighted by Gasteiger charge is -2.23. The zero-order valence-corrected chi connectivity index (χ0v) is 18.1. The molecule has 1 aromatic carbocycles. The Hall–Kier alpha value is -2.24. The van der Waals surface area contributed by atoms with Gasteiger partial charge < -0.3 is 14.6 Å². The number of nitrogens with one attached hydrogen (secondary N) is 1. The summed E-state index contributed by atoms with van der Waals surface area (Å²) in [6.45, 7) is 0.145. The van der Waals surface area contributed by atoms with E-state index < -0.39 is 33.8 Å². The molecule has 156 valence electrons. The second-order valence-corrected chi connectivity index (χ2v) is 9.36. The van der Waals surface area contributed by atoms with E-state index in [1.54, 1.807) is 6.07 Å². The molecule has 1 amide bonds. The van der Waals surface area contributed by atoms with Crippen LogP contribution in [0.25, 0.3) is 0 Å². The topological polar surface area (TPSA) is 97.7 Å². The molecule has 3 rings (SSSR count). The fraction of sp³-hybridized carbons (Fsp3) is 0.333. The molecule has 1 atom stereocenters. The van der Waals surface area contributed by atoms with Crippen LogP contribution in [0.4, 0.5) is 10.1 Å². The maximum absolute atomic E-state index is 14.0. The molecule has 1 aromatic heterocycles. The lowest BCUT2D eigenvalue weighted by atomic mass is 10.2. The number of aromatic nitrogens is 1. The number of carbonyl (C=O) groups excluding carboxylic acids is 2. The molecule has 1 fully saturated rings. The zero-order chi connectivity index (χ0) is 21.3. The van der Waals surface area contributed by atoms with Gasteiger partial charge in [-0.1, -0.05) is 15.9 Å². The molecular formula is C18H19BrFN3O5S. The highest BCUT2D eigenvalue weighted by molar-refractivity contribution is 9.10. The highest BCUT2D eigenvalue weighted by Crippen LogP contribution is 2.29. The SMILES string of the molecule is COC(=O)c1cc(S(=O)(=O)N2CCCC2C(=O)Nc2ccc(Br)cc2F)cn1C. The number of aryl methyl sites for hydroxylation is 1. The van der Waals surface area contributed by atoms with Gasteiger partial charge in [-0.25, -0.2) is 17.6 Å². The summed E-state index contributed by atoms with van der Waals surface area (Å²) in [5, 5.41) is 2.46. The van der Waals surface area contributed by atoms with Crippen LogP contribution in [0, 0.1) is 5.82 Å². The van der Waals surface area contributed by atoms with Gasteiger partial charge >= 0.3 is 5.97 Å². The number of hydrogen-bond donors (Lipinski definition) is 1. The van der Waals surface area contributed by atoms with Crippen LogP contribution in [0.5, 0.6) is 0 Å². The monoisotopic (exact) mass is 487 g/mol. The van der Waals surface area contributed by atoms with Gasteiger partial charge in [-0.2, -0.15) is 4.31 Å². The summed E-state index contributed by atoms with van der Waals surface area (Å²) in [4.78, 5) is 24.3. The number of nitrogens with zero attached hydrogens (tertiary/aromatic N) is 2. The minimum Gasteiger partial charge on any atom is -0.464 e. The Morgan fingerprint density at radius 3 is 2.69 bits per heavy atom. The van der Waals surface area contributed by atoms with Crippen molar-refractivity contribution in [2.24, 2.45) is 7.05 Å². The van der Waals surface area contributed by atoms with Crippen LogP contribution in [-0.4, -0.2) is 48.9 Å². The van der Waals surface area contributed by atoms with E-state index in [1.165, 1.54) is 43.1 Å². The summed E-state index contributed by atoms with van der Waals surface area (Å²) in [6.07, 6.45) is 2.08. The predicted molar refractivity (Wildman–Crippen MR) is 106 cm³/mol. The van der Waals surface area contributed by atoms with Gasteiger partial charge in [0.2, 0.25) is 15.9 Å². The molecule has 0 spiro atoms. The van der Waals surface area contributed by atoms with Crippen LogP contribution in [-0.2, 0) is 26.6 Å². The Morgan fingerprint density at radius 1 is 1.31 bits per heavy atom.